The number of carbonyl (C=O) groups is 2. The second-order valence-corrected chi connectivity index (χ2v) is 4.08. The van der Waals surface area contributed by atoms with Crippen LogP contribution in [0.15, 0.2) is 0 Å². The highest BCUT2D eigenvalue weighted by atomic mass is 19.3. The quantitative estimate of drug-likeness (QED) is 0.822. The molecule has 8 nitrogen and oxygen atoms in total. The largest absolute Gasteiger partial charge is 0.476 e. The molecule has 0 aromatic carbocycles. The number of amides is 1. The zero-order valence-corrected chi connectivity index (χ0v) is 10.3. The number of aromatic nitrogens is 3. The number of halogens is 2. The van der Waals surface area contributed by atoms with Crippen molar-refractivity contribution in [3.8, 4) is 0 Å². The highest BCUT2D eigenvalue weighted by Gasteiger charge is 2.28. The van der Waals surface area contributed by atoms with Crippen LogP contribution >= 0.6 is 0 Å². The first kappa shape index (κ1) is 14.3. The van der Waals surface area contributed by atoms with Crippen LogP contribution in [0, 0.1) is 0 Å². The van der Waals surface area contributed by atoms with E-state index < -0.39 is 36.2 Å². The first-order chi connectivity index (χ1) is 9.50. The summed E-state index contributed by atoms with van der Waals surface area (Å²) in [5, 5.41) is 15.2. The number of hydrogen-bond donors (Lipinski definition) is 1. The lowest BCUT2D eigenvalue weighted by Crippen LogP contribution is -2.42. The molecule has 1 N–H and O–H groups in total. The number of rotatable bonds is 4. The molecule has 1 aliphatic heterocycles. The standard InChI is InChI=1S/C10H12F2N4O4/c11-9(12)8-7(10(18)19)13-14-16(8)5-6(17)15-1-3-20-4-2-15/h9H,1-5H2,(H,18,19). The van der Waals surface area contributed by atoms with Crippen molar-refractivity contribution in [2.75, 3.05) is 26.3 Å². The first-order valence-corrected chi connectivity index (χ1v) is 5.81. The number of nitrogens with zero attached hydrogens (tertiary/aromatic N) is 4. The van der Waals surface area contributed by atoms with Crippen LogP contribution in [0.2, 0.25) is 0 Å². The van der Waals surface area contributed by atoms with Gasteiger partial charge in [0.2, 0.25) is 5.91 Å². The van der Waals surface area contributed by atoms with Gasteiger partial charge >= 0.3 is 5.97 Å². The molecule has 0 atom stereocenters. The molecule has 1 saturated heterocycles. The van der Waals surface area contributed by atoms with Crippen LogP contribution in [0.5, 0.6) is 0 Å². The number of carboxylic acid groups (broad SMARTS) is 1. The minimum atomic E-state index is -3.08. The van der Waals surface area contributed by atoms with Crippen molar-refractivity contribution in [2.45, 2.75) is 13.0 Å². The number of carboxylic acids is 1. The fraction of sp³-hybridized carbons (Fsp3) is 0.600. The first-order valence-electron chi connectivity index (χ1n) is 5.81. The maximum Gasteiger partial charge on any atom is 0.358 e. The van der Waals surface area contributed by atoms with E-state index in [1.165, 1.54) is 4.90 Å². The van der Waals surface area contributed by atoms with E-state index in [1.54, 1.807) is 0 Å². The Balaban J connectivity index is 2.16. The zero-order valence-electron chi connectivity index (χ0n) is 10.3. The van der Waals surface area contributed by atoms with Gasteiger partial charge in [0, 0.05) is 13.1 Å². The Morgan fingerprint density at radius 1 is 1.35 bits per heavy atom. The summed E-state index contributed by atoms with van der Waals surface area (Å²) in [6.07, 6.45) is -3.08. The smallest absolute Gasteiger partial charge is 0.358 e. The van der Waals surface area contributed by atoms with Gasteiger partial charge in [0.15, 0.2) is 5.69 Å². The fourth-order valence-electron chi connectivity index (χ4n) is 1.85. The van der Waals surface area contributed by atoms with Crippen LogP contribution in [-0.2, 0) is 16.1 Å². The van der Waals surface area contributed by atoms with Gasteiger partial charge in [0.1, 0.15) is 12.2 Å². The summed E-state index contributed by atoms with van der Waals surface area (Å²) < 4.78 is 31.4. The fourth-order valence-corrected chi connectivity index (χ4v) is 1.85. The topological polar surface area (TPSA) is 97.5 Å². The molecule has 1 amide bonds. The number of hydrogen-bond acceptors (Lipinski definition) is 5. The Kier molecular flexibility index (Phi) is 4.23. The van der Waals surface area contributed by atoms with Crippen LogP contribution in [0.25, 0.3) is 0 Å². The van der Waals surface area contributed by atoms with Gasteiger partial charge in [0.25, 0.3) is 6.43 Å². The molecule has 0 unspecified atom stereocenters. The summed E-state index contributed by atoms with van der Waals surface area (Å²) in [7, 11) is 0. The molecule has 0 saturated carbocycles. The SMILES string of the molecule is O=C(O)c1nnn(CC(=O)N2CCOCC2)c1C(F)F. The van der Waals surface area contributed by atoms with Crippen molar-refractivity contribution < 1.29 is 28.2 Å². The second-order valence-electron chi connectivity index (χ2n) is 4.08. The van der Waals surface area contributed by atoms with Crippen molar-refractivity contribution in [1.82, 2.24) is 19.9 Å². The molecule has 0 bridgehead atoms. The number of aromatic carboxylic acids is 1. The Labute approximate surface area is 111 Å². The minimum absolute atomic E-state index is 0.364. The van der Waals surface area contributed by atoms with Crippen LogP contribution in [0.4, 0.5) is 8.78 Å². The third-order valence-corrected chi connectivity index (χ3v) is 2.83. The van der Waals surface area contributed by atoms with Crippen LogP contribution in [0.1, 0.15) is 22.6 Å². The molecule has 2 heterocycles. The molecule has 1 aromatic heterocycles. The normalized spacial score (nSPS) is 15.7. The summed E-state index contributed by atoms with van der Waals surface area (Å²) in [5.41, 5.74) is -1.70. The summed E-state index contributed by atoms with van der Waals surface area (Å²) in [6, 6.07) is 0. The number of alkyl halides is 2. The Morgan fingerprint density at radius 2 is 2.00 bits per heavy atom. The van der Waals surface area contributed by atoms with Gasteiger partial charge in [-0.25, -0.2) is 18.3 Å². The second kappa shape index (κ2) is 5.90. The summed E-state index contributed by atoms with van der Waals surface area (Å²) in [6.45, 7) is 1.02. The summed E-state index contributed by atoms with van der Waals surface area (Å²) in [4.78, 5) is 24.1. The summed E-state index contributed by atoms with van der Waals surface area (Å²) >= 11 is 0. The molecule has 0 aliphatic carbocycles. The lowest BCUT2D eigenvalue weighted by atomic mass is 10.3. The average Bonchev–Trinajstić information content (AvgIpc) is 2.83. The lowest BCUT2D eigenvalue weighted by Gasteiger charge is -2.26. The molecule has 1 fully saturated rings. The van der Waals surface area contributed by atoms with Crippen molar-refractivity contribution in [1.29, 1.82) is 0 Å². The Hall–Kier alpha value is -2.10. The Morgan fingerprint density at radius 3 is 2.55 bits per heavy atom. The Bertz CT molecular complexity index is 513. The maximum absolute atomic E-state index is 12.9. The van der Waals surface area contributed by atoms with Crippen LogP contribution in [0.3, 0.4) is 0 Å². The minimum Gasteiger partial charge on any atom is -0.476 e. The van der Waals surface area contributed by atoms with E-state index in [-0.39, 0.29) is 0 Å². The van der Waals surface area contributed by atoms with Gasteiger partial charge in [-0.3, -0.25) is 4.79 Å². The molecule has 0 radical (unpaired) electrons. The van der Waals surface area contributed by atoms with E-state index in [4.69, 9.17) is 9.84 Å². The van der Waals surface area contributed by atoms with Crippen LogP contribution in [-0.4, -0.2) is 63.2 Å². The van der Waals surface area contributed by atoms with Gasteiger partial charge in [-0.05, 0) is 0 Å². The average molecular weight is 290 g/mol. The molecular weight excluding hydrogens is 278 g/mol. The van der Waals surface area contributed by atoms with Gasteiger partial charge in [-0.15, -0.1) is 5.10 Å². The van der Waals surface area contributed by atoms with Gasteiger partial charge in [-0.1, -0.05) is 5.21 Å². The van der Waals surface area contributed by atoms with E-state index in [9.17, 15) is 18.4 Å². The van der Waals surface area contributed by atoms with Gasteiger partial charge in [0.05, 0.1) is 13.2 Å². The van der Waals surface area contributed by atoms with Gasteiger partial charge < -0.3 is 14.7 Å². The third kappa shape index (κ3) is 2.90. The lowest BCUT2D eigenvalue weighted by molar-refractivity contribution is -0.136. The summed E-state index contributed by atoms with van der Waals surface area (Å²) in [5.74, 6) is -2.04. The van der Waals surface area contributed by atoms with E-state index in [1.807, 2.05) is 0 Å². The van der Waals surface area contributed by atoms with Crippen molar-refractivity contribution in [3.05, 3.63) is 11.4 Å². The predicted octanol–water partition coefficient (Wildman–Crippen LogP) is -0.227. The molecule has 110 valence electrons. The highest BCUT2D eigenvalue weighted by molar-refractivity contribution is 5.86. The van der Waals surface area contributed by atoms with Crippen molar-refractivity contribution in [3.63, 3.8) is 0 Å². The predicted molar refractivity (Wildman–Crippen MR) is 59.3 cm³/mol. The maximum atomic E-state index is 12.9. The molecule has 1 aromatic rings. The number of carbonyl (C=O) groups excluding carboxylic acids is 1. The highest BCUT2D eigenvalue weighted by Crippen LogP contribution is 2.21. The van der Waals surface area contributed by atoms with Gasteiger partial charge in [-0.2, -0.15) is 0 Å². The van der Waals surface area contributed by atoms with E-state index in [2.05, 4.69) is 10.3 Å². The molecule has 2 rings (SSSR count). The number of ether oxygens (including phenoxy) is 1. The molecule has 20 heavy (non-hydrogen) atoms. The monoisotopic (exact) mass is 290 g/mol. The molecular formula is C10H12F2N4O4. The van der Waals surface area contributed by atoms with Crippen molar-refractivity contribution in [2.24, 2.45) is 0 Å². The molecule has 0 spiro atoms. The molecule has 10 heteroatoms. The number of morpholine rings is 1. The molecule has 1 aliphatic rings. The van der Waals surface area contributed by atoms with Crippen molar-refractivity contribution >= 4 is 11.9 Å². The van der Waals surface area contributed by atoms with E-state index in [0.29, 0.717) is 31.0 Å². The zero-order chi connectivity index (χ0) is 14.7. The third-order valence-electron chi connectivity index (χ3n) is 2.83. The van der Waals surface area contributed by atoms with E-state index >= 15 is 0 Å². The van der Waals surface area contributed by atoms with E-state index in [0.717, 1.165) is 0 Å². The van der Waals surface area contributed by atoms with Crippen LogP contribution < -0.4 is 0 Å².